The van der Waals surface area contributed by atoms with E-state index in [1.807, 2.05) is 0 Å². The lowest BCUT2D eigenvalue weighted by Crippen LogP contribution is -2.17. The third kappa shape index (κ3) is 2.18. The van der Waals surface area contributed by atoms with E-state index >= 15 is 0 Å². The third-order valence-electron chi connectivity index (χ3n) is 2.38. The number of fused-ring (bicyclic) bond motifs is 1. The van der Waals surface area contributed by atoms with Gasteiger partial charge in [-0.3, -0.25) is 14.0 Å². The second-order valence-corrected chi connectivity index (χ2v) is 4.83. The van der Waals surface area contributed by atoms with Gasteiger partial charge in [0, 0.05) is 17.5 Å². The number of hydrogen-bond donors (Lipinski definition) is 1. The van der Waals surface area contributed by atoms with Crippen LogP contribution < -0.4 is 10.9 Å². The molecule has 17 heavy (non-hydrogen) atoms. The summed E-state index contributed by atoms with van der Waals surface area (Å²) in [6.45, 7) is 3.51. The minimum absolute atomic E-state index is 0.116. The van der Waals surface area contributed by atoms with Gasteiger partial charge in [0.1, 0.15) is 10.9 Å². The van der Waals surface area contributed by atoms with E-state index in [9.17, 15) is 9.59 Å². The molecule has 90 valence electrons. The second kappa shape index (κ2) is 4.46. The zero-order valence-corrected chi connectivity index (χ0v) is 10.9. The minimum Gasteiger partial charge on any atom is -0.315 e. The number of halogens is 1. The van der Waals surface area contributed by atoms with E-state index in [2.05, 4.69) is 10.3 Å². The Morgan fingerprint density at radius 3 is 2.94 bits per heavy atom. The predicted molar refractivity (Wildman–Crippen MR) is 68.2 cm³/mol. The quantitative estimate of drug-likeness (QED) is 0.843. The van der Waals surface area contributed by atoms with Crippen molar-refractivity contribution in [3.8, 4) is 0 Å². The van der Waals surface area contributed by atoms with Gasteiger partial charge in [0.15, 0.2) is 4.96 Å². The van der Waals surface area contributed by atoms with Crippen LogP contribution in [0.3, 0.4) is 0 Å². The van der Waals surface area contributed by atoms with Crippen LogP contribution in [0.15, 0.2) is 11.0 Å². The van der Waals surface area contributed by atoms with Crippen molar-refractivity contribution in [1.29, 1.82) is 0 Å². The molecule has 0 aliphatic carbocycles. The number of carbonyl (C=O) groups is 1. The van der Waals surface area contributed by atoms with Crippen LogP contribution in [-0.4, -0.2) is 21.2 Å². The Hall–Kier alpha value is -1.40. The van der Waals surface area contributed by atoms with E-state index in [4.69, 9.17) is 11.6 Å². The van der Waals surface area contributed by atoms with E-state index in [1.165, 1.54) is 15.7 Å². The summed E-state index contributed by atoms with van der Waals surface area (Å²) in [5, 5.41) is 3.16. The smallest absolute Gasteiger partial charge is 0.261 e. The van der Waals surface area contributed by atoms with Gasteiger partial charge in [0.05, 0.1) is 0 Å². The molecule has 0 aromatic carbocycles. The highest BCUT2D eigenvalue weighted by molar-refractivity contribution is 7.21. The van der Waals surface area contributed by atoms with Gasteiger partial charge in [-0.1, -0.05) is 11.3 Å². The number of aromatic nitrogens is 2. The summed E-state index contributed by atoms with van der Waals surface area (Å²) in [6.07, 6.45) is 1.56. The zero-order chi connectivity index (χ0) is 12.6. The molecule has 0 saturated carbocycles. The first-order valence-electron chi connectivity index (χ1n) is 4.88. The fourth-order valence-electron chi connectivity index (χ4n) is 1.36. The van der Waals surface area contributed by atoms with Gasteiger partial charge in [0.2, 0.25) is 5.91 Å². The number of carbonyl (C=O) groups excluding carboxylic acids is 1. The molecule has 0 spiro atoms. The van der Waals surface area contributed by atoms with Gasteiger partial charge >= 0.3 is 0 Å². The number of alkyl halides is 1. The number of amides is 1. The standard InChI is InChI=1S/C10H10ClN3O2S/c1-5-6(2)12-10-14(9(5)16)4-8(17-10)13-7(15)3-11/h4H,3H2,1-2H3,(H,13,15). The molecule has 1 N–H and O–H groups in total. The first kappa shape index (κ1) is 12.1. The van der Waals surface area contributed by atoms with Gasteiger partial charge in [0.25, 0.3) is 5.56 Å². The Morgan fingerprint density at radius 2 is 2.29 bits per heavy atom. The number of anilines is 1. The highest BCUT2D eigenvalue weighted by atomic mass is 35.5. The molecule has 0 bridgehead atoms. The van der Waals surface area contributed by atoms with Gasteiger partial charge in [-0.05, 0) is 13.8 Å². The maximum absolute atomic E-state index is 11.9. The zero-order valence-electron chi connectivity index (χ0n) is 9.28. The summed E-state index contributed by atoms with van der Waals surface area (Å²) in [4.78, 5) is 27.9. The minimum atomic E-state index is -0.306. The van der Waals surface area contributed by atoms with Crippen molar-refractivity contribution >= 4 is 38.8 Å². The SMILES string of the molecule is Cc1nc2sc(NC(=O)CCl)cn2c(=O)c1C. The number of nitrogens with one attached hydrogen (secondary N) is 1. The molecule has 1 amide bonds. The molecule has 0 radical (unpaired) electrons. The van der Waals surface area contributed by atoms with Crippen molar-refractivity contribution < 1.29 is 4.79 Å². The van der Waals surface area contributed by atoms with Crippen LogP contribution >= 0.6 is 22.9 Å². The summed E-state index contributed by atoms with van der Waals surface area (Å²) in [5.74, 6) is -0.422. The van der Waals surface area contributed by atoms with Gasteiger partial charge in [-0.2, -0.15) is 0 Å². The van der Waals surface area contributed by atoms with Crippen LogP contribution in [0.5, 0.6) is 0 Å². The summed E-state index contributed by atoms with van der Waals surface area (Å²) in [6, 6.07) is 0. The summed E-state index contributed by atoms with van der Waals surface area (Å²) < 4.78 is 1.43. The van der Waals surface area contributed by atoms with Crippen LogP contribution in [0.1, 0.15) is 11.3 Å². The Morgan fingerprint density at radius 1 is 1.59 bits per heavy atom. The van der Waals surface area contributed by atoms with Gasteiger partial charge in [-0.25, -0.2) is 4.98 Å². The number of hydrogen-bond acceptors (Lipinski definition) is 4. The number of rotatable bonds is 2. The Kier molecular flexibility index (Phi) is 3.17. The van der Waals surface area contributed by atoms with Gasteiger partial charge in [-0.15, -0.1) is 11.6 Å². The number of thiazole rings is 1. The molecule has 0 saturated heterocycles. The maximum Gasteiger partial charge on any atom is 0.261 e. The topological polar surface area (TPSA) is 63.5 Å². The average Bonchev–Trinajstić information content (AvgIpc) is 2.68. The van der Waals surface area contributed by atoms with Crippen molar-refractivity contribution in [2.75, 3.05) is 11.2 Å². The van der Waals surface area contributed by atoms with Crippen molar-refractivity contribution in [3.63, 3.8) is 0 Å². The fourth-order valence-corrected chi connectivity index (χ4v) is 2.36. The molecule has 0 unspecified atom stereocenters. The highest BCUT2D eigenvalue weighted by Crippen LogP contribution is 2.20. The van der Waals surface area contributed by atoms with E-state index in [0.29, 0.717) is 21.2 Å². The molecule has 5 nitrogen and oxygen atoms in total. The lowest BCUT2D eigenvalue weighted by Gasteiger charge is -1.97. The van der Waals surface area contributed by atoms with Crippen molar-refractivity contribution in [3.05, 3.63) is 27.8 Å². The van der Waals surface area contributed by atoms with Crippen molar-refractivity contribution in [2.24, 2.45) is 0 Å². The fraction of sp³-hybridized carbons (Fsp3) is 0.300. The molecule has 7 heteroatoms. The predicted octanol–water partition coefficient (Wildman–Crippen LogP) is 1.55. The molecule has 0 fully saturated rings. The molecule has 0 atom stereocenters. The molecule has 2 rings (SSSR count). The lowest BCUT2D eigenvalue weighted by atomic mass is 10.3. The van der Waals surface area contributed by atoms with Crippen LogP contribution in [0.2, 0.25) is 0 Å². The number of nitrogens with zero attached hydrogens (tertiary/aromatic N) is 2. The molecular formula is C10H10ClN3O2S. The second-order valence-electron chi connectivity index (χ2n) is 3.56. The average molecular weight is 272 g/mol. The molecule has 2 heterocycles. The van der Waals surface area contributed by atoms with Crippen LogP contribution in [0, 0.1) is 13.8 Å². The number of aryl methyl sites for hydroxylation is 1. The van der Waals surface area contributed by atoms with Crippen molar-refractivity contribution in [1.82, 2.24) is 9.38 Å². The van der Waals surface area contributed by atoms with E-state index < -0.39 is 0 Å². The maximum atomic E-state index is 11.9. The lowest BCUT2D eigenvalue weighted by molar-refractivity contribution is -0.113. The summed E-state index contributed by atoms with van der Waals surface area (Å²) in [7, 11) is 0. The third-order valence-corrected chi connectivity index (χ3v) is 3.52. The molecule has 2 aromatic heterocycles. The van der Waals surface area contributed by atoms with Crippen LogP contribution in [0.25, 0.3) is 4.96 Å². The molecular weight excluding hydrogens is 262 g/mol. The van der Waals surface area contributed by atoms with Gasteiger partial charge < -0.3 is 5.32 Å². The van der Waals surface area contributed by atoms with E-state index in [-0.39, 0.29) is 17.3 Å². The van der Waals surface area contributed by atoms with Crippen molar-refractivity contribution in [2.45, 2.75) is 13.8 Å². The molecule has 2 aromatic rings. The van der Waals surface area contributed by atoms with Crippen LogP contribution in [0.4, 0.5) is 5.00 Å². The Balaban J connectivity index is 2.55. The summed E-state index contributed by atoms with van der Waals surface area (Å²) >= 11 is 6.63. The molecule has 0 aliphatic rings. The Labute approximate surface area is 106 Å². The summed E-state index contributed by atoms with van der Waals surface area (Å²) in [5.41, 5.74) is 1.19. The Bertz CT molecular complexity index is 647. The normalized spacial score (nSPS) is 10.8. The van der Waals surface area contributed by atoms with E-state index in [1.54, 1.807) is 20.0 Å². The first-order valence-corrected chi connectivity index (χ1v) is 6.23. The molecule has 0 aliphatic heterocycles. The van der Waals surface area contributed by atoms with Crippen LogP contribution in [-0.2, 0) is 4.79 Å². The monoisotopic (exact) mass is 271 g/mol. The van der Waals surface area contributed by atoms with E-state index in [0.717, 1.165) is 0 Å². The largest absolute Gasteiger partial charge is 0.315 e. The first-order chi connectivity index (χ1) is 8.02. The highest BCUT2D eigenvalue weighted by Gasteiger charge is 2.10.